The number of anilines is 1. The highest BCUT2D eigenvalue weighted by Crippen LogP contribution is 2.18. The van der Waals surface area contributed by atoms with Crippen LogP contribution in [0.25, 0.3) is 11.2 Å². The number of nitrogens with zero attached hydrogens (tertiary/aromatic N) is 4. The maximum atomic E-state index is 12.0. The first-order valence-corrected chi connectivity index (χ1v) is 7.06. The first kappa shape index (κ1) is 14.8. The van der Waals surface area contributed by atoms with Gasteiger partial charge < -0.3 is 19.5 Å². The number of imidazole rings is 1. The summed E-state index contributed by atoms with van der Waals surface area (Å²) in [6.45, 7) is 1.65. The first-order valence-electron chi connectivity index (χ1n) is 7.06. The lowest BCUT2D eigenvalue weighted by Crippen LogP contribution is -2.34. The molecular formula is C13H20N6O3. The molecule has 0 unspecified atom stereocenters. The Bertz CT molecular complexity index is 820. The summed E-state index contributed by atoms with van der Waals surface area (Å²) in [5.41, 5.74) is -0.186. The highest BCUT2D eigenvalue weighted by Gasteiger charge is 2.32. The van der Waals surface area contributed by atoms with E-state index in [0.717, 1.165) is 13.1 Å². The Morgan fingerprint density at radius 2 is 1.95 bits per heavy atom. The second-order valence-electron chi connectivity index (χ2n) is 5.73. The fourth-order valence-corrected chi connectivity index (χ4v) is 2.94. The zero-order chi connectivity index (χ0) is 16.0. The number of aryl methyl sites for hydroxylation is 2. The number of fused-ring (bicyclic) bond motifs is 1. The number of ether oxygens (including phenoxy) is 1. The number of likely N-dealkylation sites (N-methyl/N-ethyl adjacent to an activating group) is 1. The third-order valence-corrected chi connectivity index (χ3v) is 4.20. The molecule has 0 saturated carbocycles. The van der Waals surface area contributed by atoms with E-state index in [1.807, 2.05) is 7.05 Å². The van der Waals surface area contributed by atoms with Gasteiger partial charge in [0.15, 0.2) is 11.2 Å². The van der Waals surface area contributed by atoms with Gasteiger partial charge in [0, 0.05) is 34.3 Å². The minimum atomic E-state index is -0.475. The molecular weight excluding hydrogens is 288 g/mol. The summed E-state index contributed by atoms with van der Waals surface area (Å²) in [5.74, 6) is 0.545. The number of H-pyrrole nitrogens is 1. The molecule has 0 bridgehead atoms. The van der Waals surface area contributed by atoms with E-state index in [9.17, 15) is 9.59 Å². The van der Waals surface area contributed by atoms with Crippen molar-refractivity contribution in [2.45, 2.75) is 12.1 Å². The number of nitrogens with one attached hydrogen (secondary N) is 2. The van der Waals surface area contributed by atoms with Gasteiger partial charge in [-0.25, -0.2) is 4.79 Å². The summed E-state index contributed by atoms with van der Waals surface area (Å²) in [5, 5.41) is 3.32. The standard InChI is InChI=1S/C13H20N6O3/c1-17-5-7(8(6-17)22-4)14-12-15-10-9(18(12)2)11(20)16-13(21)19(10)3/h7-8H,5-6H2,1-4H3,(H,14,15)(H,16,20,21)/t7-,8-/m0/s1. The van der Waals surface area contributed by atoms with Crippen molar-refractivity contribution >= 4 is 17.1 Å². The molecule has 120 valence electrons. The van der Waals surface area contributed by atoms with Crippen LogP contribution < -0.4 is 16.6 Å². The Morgan fingerprint density at radius 3 is 2.64 bits per heavy atom. The highest BCUT2D eigenvalue weighted by molar-refractivity contribution is 5.74. The zero-order valence-corrected chi connectivity index (χ0v) is 13.1. The van der Waals surface area contributed by atoms with E-state index in [4.69, 9.17) is 4.74 Å². The molecule has 0 aromatic carbocycles. The maximum Gasteiger partial charge on any atom is 0.329 e. The normalized spacial score (nSPS) is 22.5. The van der Waals surface area contributed by atoms with Crippen LogP contribution >= 0.6 is 0 Å². The van der Waals surface area contributed by atoms with Gasteiger partial charge in [-0.3, -0.25) is 14.3 Å². The number of aromatic amines is 1. The maximum absolute atomic E-state index is 12.0. The molecule has 3 rings (SSSR count). The van der Waals surface area contributed by atoms with Crippen LogP contribution in [0.1, 0.15) is 0 Å². The summed E-state index contributed by atoms with van der Waals surface area (Å²) >= 11 is 0. The molecule has 1 aliphatic rings. The van der Waals surface area contributed by atoms with Gasteiger partial charge in [-0.1, -0.05) is 0 Å². The van der Waals surface area contributed by atoms with Crippen molar-refractivity contribution in [1.82, 2.24) is 24.0 Å². The van der Waals surface area contributed by atoms with Crippen LogP contribution in [0.2, 0.25) is 0 Å². The van der Waals surface area contributed by atoms with Crippen LogP contribution in [0, 0.1) is 0 Å². The van der Waals surface area contributed by atoms with E-state index in [0.29, 0.717) is 17.1 Å². The summed E-state index contributed by atoms with van der Waals surface area (Å²) in [7, 11) is 7.04. The number of methoxy groups -OCH3 is 1. The van der Waals surface area contributed by atoms with E-state index in [1.54, 1.807) is 25.8 Å². The van der Waals surface area contributed by atoms with Gasteiger partial charge >= 0.3 is 5.69 Å². The molecule has 1 aliphatic heterocycles. The molecule has 2 atom stereocenters. The molecule has 2 aromatic rings. The minimum Gasteiger partial charge on any atom is -0.378 e. The Hall–Kier alpha value is -2.13. The summed E-state index contributed by atoms with van der Waals surface area (Å²) in [6, 6.07) is 0.0709. The molecule has 9 heteroatoms. The van der Waals surface area contributed by atoms with Crippen molar-refractivity contribution in [2.75, 3.05) is 32.6 Å². The minimum absolute atomic E-state index is 0.0481. The molecule has 0 aliphatic carbocycles. The lowest BCUT2D eigenvalue weighted by atomic mass is 10.2. The zero-order valence-electron chi connectivity index (χ0n) is 13.1. The highest BCUT2D eigenvalue weighted by atomic mass is 16.5. The molecule has 2 aromatic heterocycles. The van der Waals surface area contributed by atoms with E-state index >= 15 is 0 Å². The van der Waals surface area contributed by atoms with Crippen LogP contribution in [0.5, 0.6) is 0 Å². The molecule has 22 heavy (non-hydrogen) atoms. The van der Waals surface area contributed by atoms with Gasteiger partial charge in [-0.2, -0.15) is 4.98 Å². The van der Waals surface area contributed by atoms with E-state index in [2.05, 4.69) is 20.2 Å². The molecule has 9 nitrogen and oxygen atoms in total. The summed E-state index contributed by atoms with van der Waals surface area (Å²) in [6.07, 6.45) is 0.0481. The largest absolute Gasteiger partial charge is 0.378 e. The predicted octanol–water partition coefficient (Wildman–Crippen LogP) is -1.30. The summed E-state index contributed by atoms with van der Waals surface area (Å²) < 4.78 is 8.48. The Morgan fingerprint density at radius 1 is 1.23 bits per heavy atom. The van der Waals surface area contributed by atoms with Crippen molar-refractivity contribution in [2.24, 2.45) is 14.1 Å². The number of hydrogen-bond acceptors (Lipinski definition) is 6. The number of hydrogen-bond donors (Lipinski definition) is 2. The van der Waals surface area contributed by atoms with Crippen molar-refractivity contribution in [1.29, 1.82) is 0 Å². The molecule has 1 fully saturated rings. The number of likely N-dealkylation sites (tertiary alicyclic amines) is 1. The number of rotatable bonds is 3. The van der Waals surface area contributed by atoms with Crippen LogP contribution in [-0.4, -0.2) is 63.4 Å². The van der Waals surface area contributed by atoms with Gasteiger partial charge in [-0.05, 0) is 7.05 Å². The van der Waals surface area contributed by atoms with Gasteiger partial charge in [0.05, 0.1) is 12.1 Å². The smallest absolute Gasteiger partial charge is 0.329 e. The van der Waals surface area contributed by atoms with Crippen molar-refractivity contribution in [3.63, 3.8) is 0 Å². The Balaban J connectivity index is 2.04. The monoisotopic (exact) mass is 308 g/mol. The van der Waals surface area contributed by atoms with Crippen molar-refractivity contribution in [3.05, 3.63) is 20.8 Å². The van der Waals surface area contributed by atoms with E-state index in [-0.39, 0.29) is 12.1 Å². The van der Waals surface area contributed by atoms with Gasteiger partial charge in [0.25, 0.3) is 5.56 Å². The third-order valence-electron chi connectivity index (χ3n) is 4.20. The number of aromatic nitrogens is 4. The fourth-order valence-electron chi connectivity index (χ4n) is 2.94. The van der Waals surface area contributed by atoms with Gasteiger partial charge in [0.2, 0.25) is 5.95 Å². The van der Waals surface area contributed by atoms with Crippen LogP contribution in [0.4, 0.5) is 5.95 Å². The average Bonchev–Trinajstić information content (AvgIpc) is 2.98. The molecule has 1 saturated heterocycles. The first-order chi connectivity index (χ1) is 10.4. The summed E-state index contributed by atoms with van der Waals surface area (Å²) in [4.78, 5) is 32.5. The Kier molecular flexibility index (Phi) is 3.53. The molecule has 2 N–H and O–H groups in total. The van der Waals surface area contributed by atoms with Crippen LogP contribution in [0.3, 0.4) is 0 Å². The second-order valence-corrected chi connectivity index (χ2v) is 5.73. The molecule has 0 spiro atoms. The quantitative estimate of drug-likeness (QED) is 0.732. The lowest BCUT2D eigenvalue weighted by molar-refractivity contribution is 0.104. The third kappa shape index (κ3) is 2.22. The fraction of sp³-hybridized carbons (Fsp3) is 0.615. The van der Waals surface area contributed by atoms with E-state index < -0.39 is 11.2 Å². The van der Waals surface area contributed by atoms with E-state index in [1.165, 1.54) is 4.57 Å². The van der Waals surface area contributed by atoms with Crippen LogP contribution in [0.15, 0.2) is 9.59 Å². The predicted molar refractivity (Wildman–Crippen MR) is 82.3 cm³/mol. The van der Waals surface area contributed by atoms with Crippen molar-refractivity contribution < 1.29 is 4.74 Å². The van der Waals surface area contributed by atoms with Crippen molar-refractivity contribution in [3.8, 4) is 0 Å². The topological polar surface area (TPSA) is 97.2 Å². The van der Waals surface area contributed by atoms with Crippen LogP contribution in [-0.2, 0) is 18.8 Å². The lowest BCUT2D eigenvalue weighted by Gasteiger charge is -2.18. The van der Waals surface area contributed by atoms with Gasteiger partial charge in [-0.15, -0.1) is 0 Å². The average molecular weight is 308 g/mol. The van der Waals surface area contributed by atoms with Gasteiger partial charge in [0.1, 0.15) is 0 Å². The molecule has 0 amide bonds. The second kappa shape index (κ2) is 5.25. The Labute approximate surface area is 126 Å². The molecule has 3 heterocycles. The SMILES string of the molecule is CO[C@H]1CN(C)C[C@@H]1Nc1nc2c(c(=O)[nH]c(=O)n2C)n1C. The molecule has 0 radical (unpaired) electrons.